The Morgan fingerprint density at radius 3 is 2.54 bits per heavy atom. The summed E-state index contributed by atoms with van der Waals surface area (Å²) in [5.41, 5.74) is 2.49. The zero-order valence-corrected chi connectivity index (χ0v) is 16.8. The Labute approximate surface area is 168 Å². The van der Waals surface area contributed by atoms with E-state index in [2.05, 4.69) is 52.8 Å². The van der Waals surface area contributed by atoms with E-state index >= 15 is 0 Å². The summed E-state index contributed by atoms with van der Waals surface area (Å²) in [6.45, 7) is 6.89. The van der Waals surface area contributed by atoms with Gasteiger partial charge in [0, 0.05) is 38.8 Å². The van der Waals surface area contributed by atoms with Gasteiger partial charge in [0.25, 0.3) is 0 Å². The molecule has 1 aliphatic rings. The molecule has 0 radical (unpaired) electrons. The van der Waals surface area contributed by atoms with Crippen LogP contribution in [0.15, 0.2) is 59.6 Å². The molecule has 0 unspecified atom stereocenters. The Morgan fingerprint density at radius 1 is 1.07 bits per heavy atom. The summed E-state index contributed by atoms with van der Waals surface area (Å²) in [5, 5.41) is 16.5. The number of piperidine rings is 1. The average molecular weight is 381 g/mol. The highest BCUT2D eigenvalue weighted by Gasteiger charge is 2.19. The smallest absolute Gasteiger partial charge is 0.191 e. The van der Waals surface area contributed by atoms with Crippen LogP contribution in [-0.4, -0.2) is 48.2 Å². The van der Waals surface area contributed by atoms with Crippen LogP contribution in [0, 0.1) is 0 Å². The summed E-state index contributed by atoms with van der Waals surface area (Å²) in [7, 11) is 0. The van der Waals surface area contributed by atoms with Gasteiger partial charge >= 0.3 is 0 Å². The fraction of sp³-hybridized carbons (Fsp3) is 0.435. The number of rotatable bonds is 7. The molecule has 5 nitrogen and oxygen atoms in total. The third-order valence-electron chi connectivity index (χ3n) is 5.10. The molecule has 1 aliphatic heterocycles. The van der Waals surface area contributed by atoms with Crippen LogP contribution in [0.25, 0.3) is 0 Å². The zero-order chi connectivity index (χ0) is 19.6. The molecular weight excluding hydrogens is 348 g/mol. The predicted molar refractivity (Wildman–Crippen MR) is 116 cm³/mol. The maximum absolute atomic E-state index is 9.57. The van der Waals surface area contributed by atoms with Gasteiger partial charge in [0.1, 0.15) is 5.75 Å². The van der Waals surface area contributed by atoms with E-state index in [9.17, 15) is 5.11 Å². The molecular formula is C23H32N4O. The van der Waals surface area contributed by atoms with E-state index in [1.54, 1.807) is 12.1 Å². The van der Waals surface area contributed by atoms with Gasteiger partial charge in [-0.15, -0.1) is 0 Å². The predicted octanol–water partition coefficient (Wildman–Crippen LogP) is 3.15. The topological polar surface area (TPSA) is 59.9 Å². The number of hydrogen-bond donors (Lipinski definition) is 3. The minimum absolute atomic E-state index is 0.314. The number of benzene rings is 2. The van der Waals surface area contributed by atoms with E-state index in [1.165, 1.54) is 5.56 Å². The third kappa shape index (κ3) is 6.57. The van der Waals surface area contributed by atoms with E-state index in [0.717, 1.165) is 57.0 Å². The van der Waals surface area contributed by atoms with Crippen molar-refractivity contribution < 1.29 is 5.11 Å². The Hall–Kier alpha value is -2.53. The summed E-state index contributed by atoms with van der Waals surface area (Å²) in [5.74, 6) is 1.21. The summed E-state index contributed by atoms with van der Waals surface area (Å²) < 4.78 is 0. The standard InChI is InChI=1S/C23H32N4O/c1-2-24-23(25-14-11-19-9-6-10-22(28)17-19)26-21-12-15-27(16-13-21)18-20-7-4-3-5-8-20/h3-10,17,21,28H,2,11-16,18H2,1H3,(H2,24,25,26). The minimum Gasteiger partial charge on any atom is -0.508 e. The van der Waals surface area contributed by atoms with Gasteiger partial charge in [-0.05, 0) is 49.4 Å². The number of nitrogens with one attached hydrogen (secondary N) is 2. The van der Waals surface area contributed by atoms with Gasteiger partial charge in [-0.1, -0.05) is 42.5 Å². The molecule has 150 valence electrons. The van der Waals surface area contributed by atoms with Crippen LogP contribution < -0.4 is 10.6 Å². The number of nitrogens with zero attached hydrogens (tertiary/aromatic N) is 2. The van der Waals surface area contributed by atoms with Crippen molar-refractivity contribution in [3.8, 4) is 5.75 Å². The maximum Gasteiger partial charge on any atom is 0.191 e. The normalized spacial score (nSPS) is 16.1. The van der Waals surface area contributed by atoms with E-state index in [1.807, 2.05) is 12.1 Å². The number of hydrogen-bond acceptors (Lipinski definition) is 3. The Morgan fingerprint density at radius 2 is 1.82 bits per heavy atom. The van der Waals surface area contributed by atoms with E-state index < -0.39 is 0 Å². The van der Waals surface area contributed by atoms with Gasteiger partial charge in [-0.2, -0.15) is 0 Å². The molecule has 1 saturated heterocycles. The van der Waals surface area contributed by atoms with Crippen molar-refractivity contribution in [1.82, 2.24) is 15.5 Å². The molecule has 28 heavy (non-hydrogen) atoms. The molecule has 1 fully saturated rings. The van der Waals surface area contributed by atoms with Crippen LogP contribution in [-0.2, 0) is 13.0 Å². The van der Waals surface area contributed by atoms with Crippen molar-refractivity contribution in [2.24, 2.45) is 4.99 Å². The zero-order valence-electron chi connectivity index (χ0n) is 16.8. The molecule has 2 aromatic rings. The molecule has 1 heterocycles. The lowest BCUT2D eigenvalue weighted by molar-refractivity contribution is 0.198. The number of aliphatic imine (C=N–C) groups is 1. The summed E-state index contributed by atoms with van der Waals surface area (Å²) in [4.78, 5) is 7.25. The first kappa shape index (κ1) is 20.2. The second-order valence-corrected chi connectivity index (χ2v) is 7.36. The third-order valence-corrected chi connectivity index (χ3v) is 5.10. The number of aromatic hydroxyl groups is 1. The van der Waals surface area contributed by atoms with Gasteiger partial charge in [0.2, 0.25) is 0 Å². The highest BCUT2D eigenvalue weighted by Crippen LogP contribution is 2.14. The number of likely N-dealkylation sites (tertiary alicyclic amines) is 1. The SMILES string of the molecule is CCNC(=NCCc1cccc(O)c1)NC1CCN(Cc2ccccc2)CC1. The molecule has 2 aromatic carbocycles. The molecule has 5 heteroatoms. The highest BCUT2D eigenvalue weighted by molar-refractivity contribution is 5.80. The fourth-order valence-electron chi connectivity index (χ4n) is 3.60. The molecule has 0 amide bonds. The van der Waals surface area contributed by atoms with Crippen molar-refractivity contribution in [2.45, 2.75) is 38.8 Å². The Kier molecular flexibility index (Phi) is 7.73. The van der Waals surface area contributed by atoms with Gasteiger partial charge in [0.15, 0.2) is 5.96 Å². The summed E-state index contributed by atoms with van der Waals surface area (Å²) in [6.07, 6.45) is 3.08. The Bertz CT molecular complexity index is 739. The van der Waals surface area contributed by atoms with Crippen LogP contribution >= 0.6 is 0 Å². The van der Waals surface area contributed by atoms with Crippen molar-refractivity contribution in [3.05, 3.63) is 65.7 Å². The number of phenolic OH excluding ortho intramolecular Hbond substituents is 1. The van der Waals surface area contributed by atoms with Crippen LogP contribution in [0.4, 0.5) is 0 Å². The first-order valence-corrected chi connectivity index (χ1v) is 10.3. The second kappa shape index (κ2) is 10.7. The summed E-state index contributed by atoms with van der Waals surface area (Å²) >= 11 is 0. The van der Waals surface area contributed by atoms with Crippen molar-refractivity contribution in [2.75, 3.05) is 26.2 Å². The van der Waals surface area contributed by atoms with Crippen molar-refractivity contribution >= 4 is 5.96 Å². The van der Waals surface area contributed by atoms with Gasteiger partial charge in [-0.25, -0.2) is 0 Å². The maximum atomic E-state index is 9.57. The fourth-order valence-corrected chi connectivity index (χ4v) is 3.60. The minimum atomic E-state index is 0.314. The van der Waals surface area contributed by atoms with Crippen LogP contribution in [0.3, 0.4) is 0 Å². The van der Waals surface area contributed by atoms with Crippen molar-refractivity contribution in [3.63, 3.8) is 0 Å². The van der Waals surface area contributed by atoms with Gasteiger partial charge in [-0.3, -0.25) is 9.89 Å². The Balaban J connectivity index is 1.45. The molecule has 0 atom stereocenters. The van der Waals surface area contributed by atoms with Gasteiger partial charge < -0.3 is 15.7 Å². The lowest BCUT2D eigenvalue weighted by Gasteiger charge is -2.33. The van der Waals surface area contributed by atoms with E-state index in [-0.39, 0.29) is 0 Å². The first-order valence-electron chi connectivity index (χ1n) is 10.3. The summed E-state index contributed by atoms with van der Waals surface area (Å²) in [6, 6.07) is 18.6. The number of phenols is 1. The van der Waals surface area contributed by atoms with E-state index in [0.29, 0.717) is 18.3 Å². The molecule has 0 aromatic heterocycles. The molecule has 0 bridgehead atoms. The van der Waals surface area contributed by atoms with Crippen LogP contribution in [0.1, 0.15) is 30.9 Å². The lowest BCUT2D eigenvalue weighted by Crippen LogP contribution is -2.48. The number of guanidine groups is 1. The quantitative estimate of drug-likeness (QED) is 0.510. The molecule has 0 spiro atoms. The van der Waals surface area contributed by atoms with Crippen molar-refractivity contribution in [1.29, 1.82) is 0 Å². The molecule has 0 aliphatic carbocycles. The molecule has 3 N–H and O–H groups in total. The average Bonchev–Trinajstić information content (AvgIpc) is 2.70. The monoisotopic (exact) mass is 380 g/mol. The first-order chi connectivity index (χ1) is 13.7. The molecule has 3 rings (SSSR count). The van der Waals surface area contributed by atoms with Gasteiger partial charge in [0.05, 0.1) is 0 Å². The highest BCUT2D eigenvalue weighted by atomic mass is 16.3. The van der Waals surface area contributed by atoms with E-state index in [4.69, 9.17) is 4.99 Å². The van der Waals surface area contributed by atoms with Crippen LogP contribution in [0.5, 0.6) is 5.75 Å². The second-order valence-electron chi connectivity index (χ2n) is 7.36. The van der Waals surface area contributed by atoms with Crippen LogP contribution in [0.2, 0.25) is 0 Å². The molecule has 0 saturated carbocycles. The largest absolute Gasteiger partial charge is 0.508 e. The lowest BCUT2D eigenvalue weighted by atomic mass is 10.0.